The van der Waals surface area contributed by atoms with Gasteiger partial charge in [-0.05, 0) is 24.3 Å². The molecule has 0 unspecified atom stereocenters. The Labute approximate surface area is 155 Å². The van der Waals surface area contributed by atoms with Crippen molar-refractivity contribution in [3.63, 3.8) is 0 Å². The number of carbonyl (C=O) groups is 2. The molecule has 0 aliphatic heterocycles. The fourth-order valence-corrected chi connectivity index (χ4v) is 3.23. The number of nitrogens with zero attached hydrogens (tertiary/aromatic N) is 2. The number of hydrogen-bond donors (Lipinski definition) is 1. The van der Waals surface area contributed by atoms with Crippen LogP contribution in [0.2, 0.25) is 0 Å². The van der Waals surface area contributed by atoms with Gasteiger partial charge in [0, 0.05) is 29.5 Å². The van der Waals surface area contributed by atoms with Crippen molar-refractivity contribution in [3.8, 4) is 0 Å². The minimum absolute atomic E-state index is 0.0668. The van der Waals surface area contributed by atoms with Crippen molar-refractivity contribution < 1.29 is 14.7 Å². The SMILES string of the molecule is CC(=O)n1cc(C=Cc2cc(C(=O)O)c3ccccc3n2)c2ccccc21. The van der Waals surface area contributed by atoms with Crippen molar-refractivity contribution in [1.82, 2.24) is 9.55 Å². The Bertz CT molecular complexity index is 1240. The van der Waals surface area contributed by atoms with Crippen molar-refractivity contribution in [2.75, 3.05) is 0 Å². The molecule has 0 atom stereocenters. The molecule has 0 aliphatic carbocycles. The molecule has 27 heavy (non-hydrogen) atoms. The summed E-state index contributed by atoms with van der Waals surface area (Å²) in [4.78, 5) is 28.0. The Morgan fingerprint density at radius 3 is 2.44 bits per heavy atom. The molecule has 0 aliphatic rings. The average molecular weight is 356 g/mol. The second kappa shape index (κ2) is 6.53. The van der Waals surface area contributed by atoms with Crippen LogP contribution in [-0.4, -0.2) is 26.5 Å². The first-order chi connectivity index (χ1) is 13.0. The van der Waals surface area contributed by atoms with Gasteiger partial charge in [0.15, 0.2) is 0 Å². The summed E-state index contributed by atoms with van der Waals surface area (Å²) in [5, 5.41) is 11.1. The Morgan fingerprint density at radius 1 is 1.00 bits per heavy atom. The summed E-state index contributed by atoms with van der Waals surface area (Å²) in [6.07, 6.45) is 5.40. The molecule has 0 radical (unpaired) electrons. The lowest BCUT2D eigenvalue weighted by Gasteiger charge is -2.04. The van der Waals surface area contributed by atoms with Crippen LogP contribution in [0.1, 0.15) is 33.3 Å². The fraction of sp³-hybridized carbons (Fsp3) is 0.0455. The quantitative estimate of drug-likeness (QED) is 0.576. The second-order valence-electron chi connectivity index (χ2n) is 6.24. The largest absolute Gasteiger partial charge is 0.478 e. The lowest BCUT2D eigenvalue weighted by atomic mass is 10.1. The van der Waals surface area contributed by atoms with E-state index in [4.69, 9.17) is 0 Å². The van der Waals surface area contributed by atoms with Gasteiger partial charge >= 0.3 is 5.97 Å². The van der Waals surface area contributed by atoms with Crippen molar-refractivity contribution in [1.29, 1.82) is 0 Å². The van der Waals surface area contributed by atoms with Gasteiger partial charge in [-0.1, -0.05) is 42.5 Å². The molecule has 2 heterocycles. The molecule has 2 aromatic heterocycles. The van der Waals surface area contributed by atoms with E-state index in [0.29, 0.717) is 16.6 Å². The zero-order valence-electron chi connectivity index (χ0n) is 14.6. The molecular formula is C22H16N2O3. The van der Waals surface area contributed by atoms with Crippen LogP contribution in [0.4, 0.5) is 0 Å². The molecule has 0 fully saturated rings. The van der Waals surface area contributed by atoms with Gasteiger partial charge < -0.3 is 5.11 Å². The summed E-state index contributed by atoms with van der Waals surface area (Å²) < 4.78 is 1.60. The van der Waals surface area contributed by atoms with Crippen LogP contribution in [0.5, 0.6) is 0 Å². The topological polar surface area (TPSA) is 72.2 Å². The standard InChI is InChI=1S/C22H16N2O3/c1-14(25)24-13-15(17-6-3-5-9-21(17)24)10-11-16-12-19(22(26)27)18-7-2-4-8-20(18)23-16/h2-13H,1H3,(H,26,27). The monoisotopic (exact) mass is 356 g/mol. The fourth-order valence-electron chi connectivity index (χ4n) is 3.23. The smallest absolute Gasteiger partial charge is 0.336 e. The number of para-hydroxylation sites is 2. The first-order valence-electron chi connectivity index (χ1n) is 8.47. The van der Waals surface area contributed by atoms with E-state index < -0.39 is 5.97 Å². The molecule has 5 heteroatoms. The van der Waals surface area contributed by atoms with Crippen molar-refractivity contribution >= 4 is 45.8 Å². The predicted molar refractivity (Wildman–Crippen MR) is 106 cm³/mol. The molecule has 4 rings (SSSR count). The maximum atomic E-state index is 11.9. The van der Waals surface area contributed by atoms with Gasteiger partial charge in [-0.3, -0.25) is 9.36 Å². The van der Waals surface area contributed by atoms with Crippen LogP contribution in [0.15, 0.2) is 60.8 Å². The second-order valence-corrected chi connectivity index (χ2v) is 6.24. The molecule has 0 amide bonds. The summed E-state index contributed by atoms with van der Waals surface area (Å²) in [5.41, 5.74) is 3.09. The summed E-state index contributed by atoms with van der Waals surface area (Å²) in [7, 11) is 0. The van der Waals surface area contributed by atoms with Gasteiger partial charge in [-0.2, -0.15) is 0 Å². The van der Waals surface area contributed by atoms with Crippen LogP contribution in [0.25, 0.3) is 34.0 Å². The number of aromatic nitrogens is 2. The average Bonchev–Trinajstić information content (AvgIpc) is 3.04. The molecule has 132 valence electrons. The highest BCUT2D eigenvalue weighted by Gasteiger charge is 2.11. The molecule has 1 N–H and O–H groups in total. The number of hydrogen-bond acceptors (Lipinski definition) is 3. The highest BCUT2D eigenvalue weighted by atomic mass is 16.4. The van der Waals surface area contributed by atoms with Crippen LogP contribution in [0.3, 0.4) is 0 Å². The Kier molecular flexibility index (Phi) is 4.05. The van der Waals surface area contributed by atoms with E-state index in [2.05, 4.69) is 4.98 Å². The van der Waals surface area contributed by atoms with Crippen LogP contribution >= 0.6 is 0 Å². The predicted octanol–water partition coefficient (Wildman–Crippen LogP) is 4.72. The molecular weight excluding hydrogens is 340 g/mol. The highest BCUT2D eigenvalue weighted by molar-refractivity contribution is 6.03. The van der Waals surface area contributed by atoms with Crippen molar-refractivity contribution in [2.45, 2.75) is 6.92 Å². The normalized spacial score (nSPS) is 11.4. The number of carbonyl (C=O) groups excluding carboxylic acids is 1. The number of fused-ring (bicyclic) bond motifs is 2. The number of carboxylic acids is 1. The molecule has 2 aromatic carbocycles. The van der Waals surface area contributed by atoms with Crippen LogP contribution < -0.4 is 0 Å². The first kappa shape index (κ1) is 16.7. The van der Waals surface area contributed by atoms with Gasteiger partial charge in [0.25, 0.3) is 0 Å². The van der Waals surface area contributed by atoms with Crippen LogP contribution in [0, 0.1) is 0 Å². The third kappa shape index (κ3) is 3.00. The third-order valence-corrected chi connectivity index (χ3v) is 4.48. The van der Waals surface area contributed by atoms with Crippen molar-refractivity contribution in [3.05, 3.63) is 77.6 Å². The summed E-state index contributed by atoms with van der Waals surface area (Å²) in [6.45, 7) is 1.52. The van der Waals surface area contributed by atoms with Gasteiger partial charge in [-0.25, -0.2) is 9.78 Å². The highest BCUT2D eigenvalue weighted by Crippen LogP contribution is 2.24. The maximum Gasteiger partial charge on any atom is 0.336 e. The van der Waals surface area contributed by atoms with E-state index in [1.54, 1.807) is 41.1 Å². The Hall–Kier alpha value is -3.73. The maximum absolute atomic E-state index is 11.9. The summed E-state index contributed by atoms with van der Waals surface area (Å²) in [5.74, 6) is -1.06. The minimum Gasteiger partial charge on any atom is -0.478 e. The van der Waals surface area contributed by atoms with E-state index in [1.165, 1.54) is 6.92 Å². The molecule has 0 saturated heterocycles. The van der Waals surface area contributed by atoms with E-state index in [0.717, 1.165) is 16.5 Å². The lowest BCUT2D eigenvalue weighted by Crippen LogP contribution is -2.02. The number of benzene rings is 2. The van der Waals surface area contributed by atoms with Crippen LogP contribution in [-0.2, 0) is 0 Å². The summed E-state index contributed by atoms with van der Waals surface area (Å²) >= 11 is 0. The third-order valence-electron chi connectivity index (χ3n) is 4.48. The Morgan fingerprint density at radius 2 is 1.70 bits per heavy atom. The molecule has 0 spiro atoms. The lowest BCUT2D eigenvalue weighted by molar-refractivity contribution is 0.0698. The van der Waals surface area contributed by atoms with Gasteiger partial charge in [0.2, 0.25) is 5.91 Å². The van der Waals surface area contributed by atoms with E-state index in [9.17, 15) is 14.7 Å². The Balaban J connectivity index is 1.83. The van der Waals surface area contributed by atoms with Gasteiger partial charge in [0.05, 0.1) is 22.3 Å². The number of aromatic carboxylic acids is 1. The first-order valence-corrected chi connectivity index (χ1v) is 8.47. The van der Waals surface area contributed by atoms with Gasteiger partial charge in [0.1, 0.15) is 0 Å². The zero-order chi connectivity index (χ0) is 19.0. The molecule has 0 bridgehead atoms. The van der Waals surface area contributed by atoms with Gasteiger partial charge in [-0.15, -0.1) is 0 Å². The van der Waals surface area contributed by atoms with E-state index in [1.807, 2.05) is 36.4 Å². The zero-order valence-corrected chi connectivity index (χ0v) is 14.6. The minimum atomic E-state index is -0.989. The number of carboxylic acid groups (broad SMARTS) is 1. The number of rotatable bonds is 3. The molecule has 0 saturated carbocycles. The number of pyridine rings is 1. The van der Waals surface area contributed by atoms with E-state index >= 15 is 0 Å². The van der Waals surface area contributed by atoms with Crippen molar-refractivity contribution in [2.24, 2.45) is 0 Å². The molecule has 5 nitrogen and oxygen atoms in total. The summed E-state index contributed by atoms with van der Waals surface area (Å²) in [6, 6.07) is 16.4. The van der Waals surface area contributed by atoms with E-state index in [-0.39, 0.29) is 11.5 Å². The molecule has 4 aromatic rings.